The molecule has 2 aromatic rings. The maximum Gasteiger partial charge on any atom is 0.264 e. The highest BCUT2D eigenvalue weighted by atomic mass is 79.9. The molecule has 7 heteroatoms. The Morgan fingerprint density at radius 2 is 1.86 bits per heavy atom. The molecule has 0 bridgehead atoms. The summed E-state index contributed by atoms with van der Waals surface area (Å²) in [6, 6.07) is 11.9. The number of benzene rings is 2. The molecule has 1 saturated heterocycles. The van der Waals surface area contributed by atoms with E-state index in [0.29, 0.717) is 29.8 Å². The molecule has 1 aliphatic heterocycles. The minimum atomic E-state index is -0.245. The standard InChI is InChI=1S/C22H23BrN2O3S/c1-13(2)16-6-4-14(3)10-19(16)28-9-8-27-18-7-5-15(11-17(18)23)12-20-21(26)25-22(24)29-20/h4-7,10-13H,8-9H2,1-3H3,(H2,24,25,26). The maximum absolute atomic E-state index is 11.7. The van der Waals surface area contributed by atoms with Crippen LogP contribution in [0, 0.1) is 12.3 Å². The van der Waals surface area contributed by atoms with Gasteiger partial charge in [-0.3, -0.25) is 10.2 Å². The Hall–Kier alpha value is -2.25. The van der Waals surface area contributed by atoms with Crippen molar-refractivity contribution >= 4 is 44.8 Å². The number of carbonyl (C=O) groups excluding carboxylic acids is 1. The molecular weight excluding hydrogens is 452 g/mol. The van der Waals surface area contributed by atoms with Crippen molar-refractivity contribution in [1.82, 2.24) is 5.32 Å². The van der Waals surface area contributed by atoms with E-state index >= 15 is 0 Å². The molecule has 0 aromatic heterocycles. The second-order valence-corrected chi connectivity index (χ2v) is 8.88. The Morgan fingerprint density at radius 1 is 1.14 bits per heavy atom. The van der Waals surface area contributed by atoms with Gasteiger partial charge in [-0.1, -0.05) is 32.0 Å². The lowest BCUT2D eigenvalue weighted by Gasteiger charge is -2.15. The van der Waals surface area contributed by atoms with Crippen LogP contribution in [0.15, 0.2) is 45.8 Å². The fraction of sp³-hybridized carbons (Fsp3) is 0.273. The van der Waals surface area contributed by atoms with Crippen LogP contribution in [-0.2, 0) is 4.79 Å². The van der Waals surface area contributed by atoms with Crippen LogP contribution in [0.2, 0.25) is 0 Å². The van der Waals surface area contributed by atoms with E-state index in [1.54, 1.807) is 6.08 Å². The number of halogens is 1. The van der Waals surface area contributed by atoms with Gasteiger partial charge in [0.1, 0.15) is 24.7 Å². The Labute approximate surface area is 183 Å². The number of amides is 1. The highest BCUT2D eigenvalue weighted by molar-refractivity contribution is 9.10. The third-order valence-electron chi connectivity index (χ3n) is 4.31. The smallest absolute Gasteiger partial charge is 0.264 e. The number of hydrogen-bond donors (Lipinski definition) is 2. The Balaban J connectivity index is 1.58. The van der Waals surface area contributed by atoms with E-state index < -0.39 is 0 Å². The molecule has 1 fully saturated rings. The van der Waals surface area contributed by atoms with Gasteiger partial charge >= 0.3 is 0 Å². The van der Waals surface area contributed by atoms with Crippen molar-refractivity contribution in [2.24, 2.45) is 0 Å². The first-order valence-corrected chi connectivity index (χ1v) is 10.9. The van der Waals surface area contributed by atoms with Crippen LogP contribution in [0.5, 0.6) is 11.5 Å². The number of aryl methyl sites for hydroxylation is 1. The molecule has 29 heavy (non-hydrogen) atoms. The summed E-state index contributed by atoms with van der Waals surface area (Å²) >= 11 is 4.63. The van der Waals surface area contributed by atoms with Crippen molar-refractivity contribution in [2.45, 2.75) is 26.7 Å². The largest absolute Gasteiger partial charge is 0.490 e. The number of thioether (sulfide) groups is 1. The molecule has 0 radical (unpaired) electrons. The Bertz CT molecular complexity index is 973. The molecule has 0 saturated carbocycles. The van der Waals surface area contributed by atoms with Crippen LogP contribution in [0.25, 0.3) is 6.08 Å². The summed E-state index contributed by atoms with van der Waals surface area (Å²) in [5, 5.41) is 10.1. The monoisotopic (exact) mass is 474 g/mol. The number of rotatable bonds is 7. The van der Waals surface area contributed by atoms with Gasteiger partial charge in [0, 0.05) is 0 Å². The lowest BCUT2D eigenvalue weighted by molar-refractivity contribution is -0.115. The molecule has 5 nitrogen and oxygen atoms in total. The van der Waals surface area contributed by atoms with E-state index in [2.05, 4.69) is 60.2 Å². The minimum Gasteiger partial charge on any atom is -0.490 e. The van der Waals surface area contributed by atoms with Crippen molar-refractivity contribution < 1.29 is 14.3 Å². The SMILES string of the molecule is Cc1ccc(C(C)C)c(OCCOc2ccc(C=C3SC(=N)NC3=O)cc2Br)c1. The quantitative estimate of drug-likeness (QED) is 0.411. The molecule has 0 spiro atoms. The van der Waals surface area contributed by atoms with Crippen molar-refractivity contribution in [3.05, 3.63) is 62.5 Å². The summed E-state index contributed by atoms with van der Waals surface area (Å²) in [5.41, 5.74) is 3.22. The second kappa shape index (κ2) is 9.50. The summed E-state index contributed by atoms with van der Waals surface area (Å²) in [4.78, 5) is 12.2. The van der Waals surface area contributed by atoms with Gasteiger partial charge in [0.25, 0.3) is 5.91 Å². The molecule has 2 N–H and O–H groups in total. The Morgan fingerprint density at radius 3 is 2.48 bits per heavy atom. The predicted octanol–water partition coefficient (Wildman–Crippen LogP) is 5.48. The molecule has 1 heterocycles. The van der Waals surface area contributed by atoms with Crippen LogP contribution >= 0.6 is 27.7 Å². The van der Waals surface area contributed by atoms with Crippen LogP contribution in [-0.4, -0.2) is 24.3 Å². The van der Waals surface area contributed by atoms with Crippen molar-refractivity contribution in [2.75, 3.05) is 13.2 Å². The van der Waals surface area contributed by atoms with Crippen LogP contribution in [0.3, 0.4) is 0 Å². The topological polar surface area (TPSA) is 71.4 Å². The summed E-state index contributed by atoms with van der Waals surface area (Å²) in [6.45, 7) is 7.22. The zero-order valence-electron chi connectivity index (χ0n) is 16.5. The minimum absolute atomic E-state index is 0.148. The van der Waals surface area contributed by atoms with Gasteiger partial charge in [-0.25, -0.2) is 0 Å². The lowest BCUT2D eigenvalue weighted by atomic mass is 10.0. The molecular formula is C22H23BrN2O3S. The third kappa shape index (κ3) is 5.64. The Kier molecular flexibility index (Phi) is 7.03. The third-order valence-corrected chi connectivity index (χ3v) is 5.76. The predicted molar refractivity (Wildman–Crippen MR) is 122 cm³/mol. The summed E-state index contributed by atoms with van der Waals surface area (Å²) < 4.78 is 12.6. The van der Waals surface area contributed by atoms with Crippen molar-refractivity contribution in [3.8, 4) is 11.5 Å². The molecule has 0 aliphatic carbocycles. The summed E-state index contributed by atoms with van der Waals surface area (Å²) in [5.74, 6) is 1.76. The number of hydrogen-bond acceptors (Lipinski definition) is 5. The molecule has 2 aromatic carbocycles. The van der Waals surface area contributed by atoms with E-state index in [4.69, 9.17) is 14.9 Å². The number of carbonyl (C=O) groups is 1. The molecule has 152 valence electrons. The van der Waals surface area contributed by atoms with Gasteiger partial charge in [0.05, 0.1) is 9.38 Å². The highest BCUT2D eigenvalue weighted by Crippen LogP contribution is 2.30. The van der Waals surface area contributed by atoms with Gasteiger partial charge in [0.2, 0.25) is 0 Å². The molecule has 3 rings (SSSR count). The summed E-state index contributed by atoms with van der Waals surface area (Å²) in [7, 11) is 0. The van der Waals surface area contributed by atoms with E-state index in [0.717, 1.165) is 27.5 Å². The van der Waals surface area contributed by atoms with E-state index in [1.807, 2.05) is 18.2 Å². The van der Waals surface area contributed by atoms with Gasteiger partial charge in [-0.2, -0.15) is 0 Å². The van der Waals surface area contributed by atoms with Gasteiger partial charge in [-0.15, -0.1) is 0 Å². The normalized spacial score (nSPS) is 15.1. The number of nitrogens with one attached hydrogen (secondary N) is 2. The van der Waals surface area contributed by atoms with E-state index in [1.165, 1.54) is 11.1 Å². The van der Waals surface area contributed by atoms with Crippen molar-refractivity contribution in [3.63, 3.8) is 0 Å². The average Bonchev–Trinajstić information content (AvgIpc) is 2.97. The number of ether oxygens (including phenoxy) is 2. The van der Waals surface area contributed by atoms with Gasteiger partial charge in [-0.05, 0) is 81.5 Å². The molecule has 1 aliphatic rings. The van der Waals surface area contributed by atoms with Crippen molar-refractivity contribution in [1.29, 1.82) is 5.41 Å². The van der Waals surface area contributed by atoms with E-state index in [-0.39, 0.29) is 11.1 Å². The average molecular weight is 475 g/mol. The first-order chi connectivity index (χ1) is 13.8. The lowest BCUT2D eigenvalue weighted by Crippen LogP contribution is -2.18. The zero-order valence-corrected chi connectivity index (χ0v) is 18.9. The van der Waals surface area contributed by atoms with E-state index in [9.17, 15) is 4.79 Å². The van der Waals surface area contributed by atoms with Gasteiger partial charge in [0.15, 0.2) is 5.17 Å². The first kappa shape index (κ1) is 21.5. The van der Waals surface area contributed by atoms with Crippen LogP contribution < -0.4 is 14.8 Å². The fourth-order valence-electron chi connectivity index (χ4n) is 2.86. The molecule has 0 atom stereocenters. The first-order valence-electron chi connectivity index (χ1n) is 9.28. The van der Waals surface area contributed by atoms with Gasteiger partial charge < -0.3 is 14.8 Å². The maximum atomic E-state index is 11.7. The highest BCUT2D eigenvalue weighted by Gasteiger charge is 2.22. The van der Waals surface area contributed by atoms with Crippen LogP contribution in [0.1, 0.15) is 36.5 Å². The summed E-state index contributed by atoms with van der Waals surface area (Å²) in [6.07, 6.45) is 1.75. The zero-order chi connectivity index (χ0) is 21.0. The number of amidine groups is 1. The second-order valence-electron chi connectivity index (χ2n) is 6.98. The fourth-order valence-corrected chi connectivity index (χ4v) is 4.08. The molecule has 1 amide bonds. The molecule has 0 unspecified atom stereocenters. The van der Waals surface area contributed by atoms with Crippen LogP contribution in [0.4, 0.5) is 0 Å².